The lowest BCUT2D eigenvalue weighted by molar-refractivity contribution is -0.120. The van der Waals surface area contributed by atoms with Crippen molar-refractivity contribution in [3.05, 3.63) is 0 Å². The summed E-state index contributed by atoms with van der Waals surface area (Å²) in [5.41, 5.74) is 0. The predicted molar refractivity (Wildman–Crippen MR) is 73.3 cm³/mol. The fourth-order valence-electron chi connectivity index (χ4n) is 2.02. The van der Waals surface area contributed by atoms with Crippen molar-refractivity contribution in [2.45, 2.75) is 77.4 Å². The van der Waals surface area contributed by atoms with Crippen LogP contribution in [-0.2, 0) is 4.79 Å². The third-order valence-corrected chi connectivity index (χ3v) is 3.12. The molecule has 1 unspecified atom stereocenters. The SMILES string of the molecule is CCCCCCCC(O)CC[C@@H](CO)NC(C)=O. The van der Waals surface area contributed by atoms with Crippen LogP contribution >= 0.6 is 0 Å². The van der Waals surface area contributed by atoms with Crippen molar-refractivity contribution >= 4 is 5.91 Å². The molecule has 108 valence electrons. The molecule has 4 heteroatoms. The molecular formula is C14H29NO3. The highest BCUT2D eigenvalue weighted by atomic mass is 16.3. The Bertz CT molecular complexity index is 209. The van der Waals surface area contributed by atoms with Crippen LogP contribution in [0.3, 0.4) is 0 Å². The van der Waals surface area contributed by atoms with Gasteiger partial charge in [-0.1, -0.05) is 39.0 Å². The van der Waals surface area contributed by atoms with Gasteiger partial charge < -0.3 is 15.5 Å². The molecule has 0 fully saturated rings. The Morgan fingerprint density at radius 2 is 1.78 bits per heavy atom. The minimum atomic E-state index is -0.311. The lowest BCUT2D eigenvalue weighted by Crippen LogP contribution is -2.36. The second kappa shape index (κ2) is 11.5. The van der Waals surface area contributed by atoms with E-state index in [1.807, 2.05) is 0 Å². The third kappa shape index (κ3) is 10.5. The first-order chi connectivity index (χ1) is 8.60. The number of aliphatic hydroxyl groups excluding tert-OH is 2. The zero-order valence-electron chi connectivity index (χ0n) is 11.8. The van der Waals surface area contributed by atoms with E-state index in [2.05, 4.69) is 12.2 Å². The second-order valence-corrected chi connectivity index (χ2v) is 5.01. The van der Waals surface area contributed by atoms with Crippen LogP contribution < -0.4 is 5.32 Å². The Morgan fingerprint density at radius 1 is 1.11 bits per heavy atom. The minimum Gasteiger partial charge on any atom is -0.394 e. The first-order valence-corrected chi connectivity index (χ1v) is 7.16. The molecule has 3 N–H and O–H groups in total. The van der Waals surface area contributed by atoms with E-state index in [9.17, 15) is 9.90 Å². The topological polar surface area (TPSA) is 69.6 Å². The molecule has 0 aromatic rings. The maximum Gasteiger partial charge on any atom is 0.217 e. The number of rotatable bonds is 11. The molecule has 0 saturated carbocycles. The molecule has 18 heavy (non-hydrogen) atoms. The second-order valence-electron chi connectivity index (χ2n) is 5.01. The first kappa shape index (κ1) is 17.4. The molecular weight excluding hydrogens is 230 g/mol. The zero-order chi connectivity index (χ0) is 13.8. The molecule has 0 aromatic carbocycles. The van der Waals surface area contributed by atoms with Gasteiger partial charge in [0.1, 0.15) is 0 Å². The van der Waals surface area contributed by atoms with Crippen molar-refractivity contribution in [2.75, 3.05) is 6.61 Å². The smallest absolute Gasteiger partial charge is 0.217 e. The zero-order valence-corrected chi connectivity index (χ0v) is 11.8. The maximum absolute atomic E-state index is 10.8. The van der Waals surface area contributed by atoms with Crippen molar-refractivity contribution in [3.63, 3.8) is 0 Å². The molecule has 0 bridgehead atoms. The van der Waals surface area contributed by atoms with Gasteiger partial charge in [-0.15, -0.1) is 0 Å². The maximum atomic E-state index is 10.8. The van der Waals surface area contributed by atoms with Crippen molar-refractivity contribution in [2.24, 2.45) is 0 Å². The van der Waals surface area contributed by atoms with Gasteiger partial charge in [0, 0.05) is 6.92 Å². The Labute approximate surface area is 111 Å². The highest BCUT2D eigenvalue weighted by Gasteiger charge is 2.11. The van der Waals surface area contributed by atoms with Crippen LogP contribution in [0, 0.1) is 0 Å². The van der Waals surface area contributed by atoms with Gasteiger partial charge in [0.15, 0.2) is 0 Å². The molecule has 0 aliphatic rings. The van der Waals surface area contributed by atoms with E-state index in [0.717, 1.165) is 12.8 Å². The van der Waals surface area contributed by atoms with Crippen LogP contribution in [0.2, 0.25) is 0 Å². The van der Waals surface area contributed by atoms with Crippen LogP contribution in [0.5, 0.6) is 0 Å². The number of hydrogen-bond acceptors (Lipinski definition) is 3. The summed E-state index contributed by atoms with van der Waals surface area (Å²) in [5, 5.41) is 21.5. The number of aliphatic hydroxyl groups is 2. The summed E-state index contributed by atoms with van der Waals surface area (Å²) < 4.78 is 0. The van der Waals surface area contributed by atoms with Crippen molar-refractivity contribution in [1.29, 1.82) is 0 Å². The minimum absolute atomic E-state index is 0.0667. The summed E-state index contributed by atoms with van der Waals surface area (Å²) in [6.07, 6.45) is 7.77. The van der Waals surface area contributed by atoms with Crippen LogP contribution in [0.1, 0.15) is 65.2 Å². The first-order valence-electron chi connectivity index (χ1n) is 7.16. The molecule has 1 amide bonds. The number of carbonyl (C=O) groups excluding carboxylic acids is 1. The molecule has 0 spiro atoms. The molecule has 0 radical (unpaired) electrons. The molecule has 0 aliphatic carbocycles. The third-order valence-electron chi connectivity index (χ3n) is 3.12. The summed E-state index contributed by atoms with van der Waals surface area (Å²) in [6, 6.07) is -0.225. The monoisotopic (exact) mass is 259 g/mol. The standard InChI is InChI=1S/C14H29NO3/c1-3-4-5-6-7-8-14(18)10-9-13(11-16)15-12(2)17/h13-14,16,18H,3-11H2,1-2H3,(H,15,17)/t13-,14?/m0/s1. The van der Waals surface area contributed by atoms with Crippen LogP contribution in [0.25, 0.3) is 0 Å². The Balaban J connectivity index is 3.55. The Hall–Kier alpha value is -0.610. The van der Waals surface area contributed by atoms with Gasteiger partial charge in [0.2, 0.25) is 5.91 Å². The summed E-state index contributed by atoms with van der Waals surface area (Å²) in [4.78, 5) is 10.8. The average Bonchev–Trinajstić information content (AvgIpc) is 2.33. The fourth-order valence-corrected chi connectivity index (χ4v) is 2.02. The van der Waals surface area contributed by atoms with E-state index in [0.29, 0.717) is 12.8 Å². The van der Waals surface area contributed by atoms with Gasteiger partial charge in [-0.3, -0.25) is 4.79 Å². The number of amides is 1. The summed E-state index contributed by atoms with van der Waals surface area (Å²) in [6.45, 7) is 3.56. The predicted octanol–water partition coefficient (Wildman–Crippen LogP) is 1.98. The van der Waals surface area contributed by atoms with Gasteiger partial charge in [-0.05, 0) is 19.3 Å². The van der Waals surface area contributed by atoms with Crippen LogP contribution in [-0.4, -0.2) is 34.9 Å². The number of hydrogen-bond donors (Lipinski definition) is 3. The highest BCUT2D eigenvalue weighted by Crippen LogP contribution is 2.11. The molecule has 0 aromatic heterocycles. The molecule has 0 saturated heterocycles. The number of nitrogens with one attached hydrogen (secondary N) is 1. The average molecular weight is 259 g/mol. The summed E-state index contributed by atoms with van der Waals surface area (Å²) >= 11 is 0. The Morgan fingerprint density at radius 3 is 2.33 bits per heavy atom. The van der Waals surface area contributed by atoms with E-state index in [1.165, 1.54) is 32.6 Å². The largest absolute Gasteiger partial charge is 0.394 e. The van der Waals surface area contributed by atoms with E-state index in [-0.39, 0.29) is 24.7 Å². The van der Waals surface area contributed by atoms with Crippen LogP contribution in [0.15, 0.2) is 0 Å². The fraction of sp³-hybridized carbons (Fsp3) is 0.929. The van der Waals surface area contributed by atoms with Crippen LogP contribution in [0.4, 0.5) is 0 Å². The Kier molecular flexibility index (Phi) is 11.1. The van der Waals surface area contributed by atoms with Gasteiger partial charge in [0.25, 0.3) is 0 Å². The van der Waals surface area contributed by atoms with E-state index in [1.54, 1.807) is 0 Å². The lowest BCUT2D eigenvalue weighted by atomic mass is 10.0. The highest BCUT2D eigenvalue weighted by molar-refractivity contribution is 5.73. The number of carbonyl (C=O) groups is 1. The van der Waals surface area contributed by atoms with Gasteiger partial charge in [-0.25, -0.2) is 0 Å². The normalized spacial score (nSPS) is 14.2. The summed E-state index contributed by atoms with van der Waals surface area (Å²) in [7, 11) is 0. The molecule has 0 heterocycles. The molecule has 0 rings (SSSR count). The van der Waals surface area contributed by atoms with E-state index < -0.39 is 0 Å². The van der Waals surface area contributed by atoms with Crippen molar-refractivity contribution < 1.29 is 15.0 Å². The van der Waals surface area contributed by atoms with E-state index in [4.69, 9.17) is 5.11 Å². The number of unbranched alkanes of at least 4 members (excludes halogenated alkanes) is 4. The molecule has 4 nitrogen and oxygen atoms in total. The van der Waals surface area contributed by atoms with Gasteiger partial charge in [-0.2, -0.15) is 0 Å². The van der Waals surface area contributed by atoms with Gasteiger partial charge in [0.05, 0.1) is 18.8 Å². The molecule has 0 aliphatic heterocycles. The molecule has 2 atom stereocenters. The van der Waals surface area contributed by atoms with E-state index >= 15 is 0 Å². The summed E-state index contributed by atoms with van der Waals surface area (Å²) in [5.74, 6) is -0.136. The van der Waals surface area contributed by atoms with Crippen molar-refractivity contribution in [1.82, 2.24) is 5.32 Å². The quantitative estimate of drug-likeness (QED) is 0.497. The lowest BCUT2D eigenvalue weighted by Gasteiger charge is -2.17. The van der Waals surface area contributed by atoms with Gasteiger partial charge >= 0.3 is 0 Å². The van der Waals surface area contributed by atoms with Crippen molar-refractivity contribution in [3.8, 4) is 0 Å².